The fraction of sp³-hybridized carbons (Fsp3) is 0.462. The van der Waals surface area contributed by atoms with Crippen LogP contribution in [0.3, 0.4) is 0 Å². The Labute approximate surface area is 123 Å². The van der Waals surface area contributed by atoms with E-state index in [0.29, 0.717) is 31.6 Å². The van der Waals surface area contributed by atoms with Gasteiger partial charge in [-0.25, -0.2) is 17.5 Å². The summed E-state index contributed by atoms with van der Waals surface area (Å²) in [5, 5.41) is 0. The second-order valence-corrected chi connectivity index (χ2v) is 5.79. The van der Waals surface area contributed by atoms with Gasteiger partial charge in [-0.05, 0) is 24.5 Å². The quantitative estimate of drug-likeness (QED) is 0.665. The first-order chi connectivity index (χ1) is 9.95. The summed E-state index contributed by atoms with van der Waals surface area (Å²) in [5.74, 6) is -1.07. The first kappa shape index (κ1) is 15.9. The van der Waals surface area contributed by atoms with Crippen LogP contribution in [0.4, 0.5) is 4.39 Å². The third-order valence-electron chi connectivity index (χ3n) is 3.82. The van der Waals surface area contributed by atoms with Crippen molar-refractivity contribution in [3.8, 4) is 0 Å². The van der Waals surface area contributed by atoms with Crippen molar-refractivity contribution in [1.82, 2.24) is 4.72 Å². The maximum atomic E-state index is 14.1. The van der Waals surface area contributed by atoms with E-state index in [-0.39, 0.29) is 12.1 Å². The molecule has 0 spiro atoms. The molecule has 0 radical (unpaired) electrons. The molecule has 0 unspecified atom stereocenters. The smallest absolute Gasteiger partial charge is 0.228 e. The number of amides is 1. The fourth-order valence-electron chi connectivity index (χ4n) is 2.54. The molecule has 0 bridgehead atoms. The minimum Gasteiger partial charge on any atom is -0.381 e. The van der Waals surface area contributed by atoms with Crippen molar-refractivity contribution < 1.29 is 22.3 Å². The van der Waals surface area contributed by atoms with Gasteiger partial charge in [0, 0.05) is 25.3 Å². The Morgan fingerprint density at radius 3 is 2.57 bits per heavy atom. The molecule has 1 fully saturated rings. The molecule has 116 valence electrons. The lowest BCUT2D eigenvalue weighted by Crippen LogP contribution is -2.45. The summed E-state index contributed by atoms with van der Waals surface area (Å²) < 4.78 is 42.4. The number of primary amides is 1. The number of nitrogens with one attached hydrogen (secondary N) is 1. The Bertz CT molecular complexity index is 604. The molecule has 0 aliphatic carbocycles. The number of ether oxygens (including phenoxy) is 1. The number of thiol groups is 1. The van der Waals surface area contributed by atoms with Gasteiger partial charge in [0.05, 0.1) is 5.41 Å². The Morgan fingerprint density at radius 2 is 2.05 bits per heavy atom. The largest absolute Gasteiger partial charge is 0.381 e. The number of rotatable bonds is 5. The summed E-state index contributed by atoms with van der Waals surface area (Å²) in [5.41, 5.74) is 5.31. The average molecular weight is 316 g/mol. The molecule has 0 atom stereocenters. The van der Waals surface area contributed by atoms with Crippen LogP contribution < -0.4 is 10.5 Å². The molecule has 8 heteroatoms. The zero-order valence-electron chi connectivity index (χ0n) is 11.3. The molecule has 1 heterocycles. The van der Waals surface area contributed by atoms with E-state index >= 15 is 0 Å². The van der Waals surface area contributed by atoms with Gasteiger partial charge in [-0.1, -0.05) is 12.1 Å². The van der Waals surface area contributed by atoms with Crippen molar-refractivity contribution in [3.05, 3.63) is 35.1 Å². The molecule has 1 aromatic carbocycles. The van der Waals surface area contributed by atoms with E-state index in [2.05, 4.69) is 4.72 Å². The van der Waals surface area contributed by atoms with Gasteiger partial charge in [-0.2, -0.15) is 0 Å². The molecule has 1 saturated heterocycles. The highest BCUT2D eigenvalue weighted by Gasteiger charge is 2.40. The van der Waals surface area contributed by atoms with E-state index in [0.717, 1.165) is 0 Å². The normalized spacial score (nSPS) is 17.8. The van der Waals surface area contributed by atoms with E-state index in [1.807, 2.05) is 0 Å². The first-order valence-electron chi connectivity index (χ1n) is 6.50. The van der Waals surface area contributed by atoms with Crippen molar-refractivity contribution in [2.75, 3.05) is 13.2 Å². The first-order valence-corrected chi connectivity index (χ1v) is 7.68. The van der Waals surface area contributed by atoms with Gasteiger partial charge in [0.1, 0.15) is 5.82 Å². The van der Waals surface area contributed by atoms with Crippen molar-refractivity contribution in [2.45, 2.75) is 24.8 Å². The lowest BCUT2D eigenvalue weighted by atomic mass is 9.73. The molecular weight excluding hydrogens is 299 g/mol. The van der Waals surface area contributed by atoms with Crippen LogP contribution in [-0.2, 0) is 32.4 Å². The Balaban J connectivity index is 2.30. The molecule has 1 aliphatic heterocycles. The lowest BCUT2D eigenvalue weighted by Gasteiger charge is -2.34. The Hall–Kier alpha value is -1.51. The van der Waals surface area contributed by atoms with Crippen LogP contribution in [0.2, 0.25) is 0 Å². The number of carbonyl (C=O) groups is 1. The number of halogens is 1. The monoisotopic (exact) mass is 316 g/mol. The minimum atomic E-state index is -2.78. The molecule has 6 nitrogen and oxygen atoms in total. The molecular formula is C13H17FN2O4S. The maximum Gasteiger partial charge on any atom is 0.228 e. The van der Waals surface area contributed by atoms with E-state index in [4.69, 9.17) is 10.5 Å². The standard InChI is InChI=1S/C13H17FN2O4S/c14-11-7-10(2-1-9(11)8-16-21(18)19)13(12(15)17)3-5-20-6-4-13/h1-2,7,21H,3-6,8H2,(H2,15,17)(H,16,18,19). The summed E-state index contributed by atoms with van der Waals surface area (Å²) in [7, 11) is -2.78. The highest BCUT2D eigenvalue weighted by atomic mass is 32.2. The molecule has 1 amide bonds. The Morgan fingerprint density at radius 1 is 1.38 bits per heavy atom. The number of hydrogen-bond donors (Lipinski definition) is 3. The number of hydrogen-bond acceptors (Lipinski definition) is 4. The second kappa shape index (κ2) is 6.50. The molecule has 0 saturated carbocycles. The summed E-state index contributed by atoms with van der Waals surface area (Å²) >= 11 is 0. The van der Waals surface area contributed by atoms with E-state index in [1.165, 1.54) is 12.1 Å². The molecule has 3 N–H and O–H groups in total. The predicted octanol–water partition coefficient (Wildman–Crippen LogP) is -0.0248. The van der Waals surface area contributed by atoms with E-state index < -0.39 is 28.0 Å². The van der Waals surface area contributed by atoms with Gasteiger partial charge in [-0.15, -0.1) is 0 Å². The highest BCUT2D eigenvalue weighted by molar-refractivity contribution is 7.70. The van der Waals surface area contributed by atoms with Gasteiger partial charge in [-0.3, -0.25) is 4.79 Å². The zero-order valence-corrected chi connectivity index (χ0v) is 12.2. The molecule has 21 heavy (non-hydrogen) atoms. The summed E-state index contributed by atoms with van der Waals surface area (Å²) in [4.78, 5) is 11.8. The summed E-state index contributed by atoms with van der Waals surface area (Å²) in [6.45, 7) is 0.659. The van der Waals surface area contributed by atoms with Crippen LogP contribution in [-0.4, -0.2) is 27.5 Å². The third-order valence-corrected chi connectivity index (χ3v) is 4.24. The van der Waals surface area contributed by atoms with Crippen LogP contribution >= 0.6 is 0 Å². The van der Waals surface area contributed by atoms with Gasteiger partial charge in [0.2, 0.25) is 16.8 Å². The Kier molecular flexibility index (Phi) is 4.92. The molecule has 1 aliphatic rings. The number of carbonyl (C=O) groups excluding carboxylic acids is 1. The van der Waals surface area contributed by atoms with E-state index in [9.17, 15) is 17.6 Å². The van der Waals surface area contributed by atoms with Crippen molar-refractivity contribution in [1.29, 1.82) is 0 Å². The predicted molar refractivity (Wildman–Crippen MR) is 74.5 cm³/mol. The van der Waals surface area contributed by atoms with Gasteiger partial charge in [0.15, 0.2) is 0 Å². The summed E-state index contributed by atoms with van der Waals surface area (Å²) in [6, 6.07) is 4.34. The van der Waals surface area contributed by atoms with Crippen LogP contribution in [0.15, 0.2) is 18.2 Å². The van der Waals surface area contributed by atoms with Crippen molar-refractivity contribution in [3.63, 3.8) is 0 Å². The van der Waals surface area contributed by atoms with Crippen molar-refractivity contribution >= 4 is 16.8 Å². The maximum absolute atomic E-state index is 14.1. The van der Waals surface area contributed by atoms with Crippen LogP contribution in [0.1, 0.15) is 24.0 Å². The van der Waals surface area contributed by atoms with E-state index in [1.54, 1.807) is 6.07 Å². The molecule has 2 rings (SSSR count). The zero-order chi connectivity index (χ0) is 15.5. The summed E-state index contributed by atoms with van der Waals surface area (Å²) in [6.07, 6.45) is 0.817. The third kappa shape index (κ3) is 3.39. The van der Waals surface area contributed by atoms with Gasteiger partial charge < -0.3 is 10.5 Å². The number of benzene rings is 1. The molecule has 1 aromatic rings. The second-order valence-electron chi connectivity index (χ2n) is 4.96. The fourth-order valence-corrected chi connectivity index (χ4v) is 2.83. The average Bonchev–Trinajstić information content (AvgIpc) is 2.46. The minimum absolute atomic E-state index is 0.127. The van der Waals surface area contributed by atoms with Crippen LogP contribution in [0, 0.1) is 5.82 Å². The van der Waals surface area contributed by atoms with Crippen LogP contribution in [0.5, 0.6) is 0 Å². The van der Waals surface area contributed by atoms with Gasteiger partial charge in [0.25, 0.3) is 0 Å². The highest BCUT2D eigenvalue weighted by Crippen LogP contribution is 2.35. The lowest BCUT2D eigenvalue weighted by molar-refractivity contribution is -0.127. The number of nitrogens with two attached hydrogens (primary N) is 1. The van der Waals surface area contributed by atoms with Crippen molar-refractivity contribution in [2.24, 2.45) is 5.73 Å². The van der Waals surface area contributed by atoms with Gasteiger partial charge >= 0.3 is 0 Å². The SMILES string of the molecule is NC(=O)C1(c2ccc(CN[SH](=O)=O)c(F)c2)CCOCC1. The van der Waals surface area contributed by atoms with Crippen LogP contribution in [0.25, 0.3) is 0 Å². The topological polar surface area (TPSA) is 98.5 Å². The molecule has 0 aromatic heterocycles.